The van der Waals surface area contributed by atoms with Crippen LogP contribution in [0.15, 0.2) is 42.5 Å². The summed E-state index contributed by atoms with van der Waals surface area (Å²) in [5.41, 5.74) is 1.97. The second-order valence-corrected chi connectivity index (χ2v) is 11.6. The molecule has 12 heteroatoms. The number of hydrogen-bond donors (Lipinski definition) is 3. The van der Waals surface area contributed by atoms with Crippen LogP contribution in [-0.2, 0) is 14.3 Å². The lowest BCUT2D eigenvalue weighted by molar-refractivity contribution is -0.137. The summed E-state index contributed by atoms with van der Waals surface area (Å²) < 4.78 is 18.9. The standard InChI is InChI=1S/C32H40FN5O6/c33-25-9-6-22(7-10-25)26(21-29(39)40)34-31(42)24-8-11-28(27(20-24)35-30(41)23-4-2-1-3-5-23)36-12-14-37(15-13-36)32(43)38-16-18-44-19-17-38/h6-11,20,23,26H,1-5,12-19,21H2,(H,34,42)(H,35,41)(H,39,40). The number of piperazine rings is 1. The summed E-state index contributed by atoms with van der Waals surface area (Å²) in [4.78, 5) is 57.0. The van der Waals surface area contributed by atoms with Gasteiger partial charge in [0.25, 0.3) is 5.91 Å². The molecule has 236 valence electrons. The van der Waals surface area contributed by atoms with Gasteiger partial charge in [-0.05, 0) is 48.7 Å². The normalized spacial score (nSPS) is 18.4. The highest BCUT2D eigenvalue weighted by molar-refractivity contribution is 6.01. The van der Waals surface area contributed by atoms with Crippen molar-refractivity contribution in [3.05, 3.63) is 59.4 Å². The fraction of sp³-hybridized carbons (Fsp3) is 0.500. The Bertz CT molecular complexity index is 1340. The maximum atomic E-state index is 13.5. The SMILES string of the molecule is O=C(O)CC(NC(=O)c1ccc(N2CCN(C(=O)N3CCOCC3)CC2)c(NC(=O)C2CCCCC2)c1)c1ccc(F)cc1. The van der Waals surface area contributed by atoms with Gasteiger partial charge in [-0.15, -0.1) is 0 Å². The fourth-order valence-corrected chi connectivity index (χ4v) is 6.11. The molecule has 0 radical (unpaired) electrons. The van der Waals surface area contributed by atoms with Crippen LogP contribution in [0.1, 0.15) is 60.5 Å². The number of anilines is 2. The average Bonchev–Trinajstić information content (AvgIpc) is 3.05. The van der Waals surface area contributed by atoms with Crippen LogP contribution in [0.3, 0.4) is 0 Å². The fourth-order valence-electron chi connectivity index (χ4n) is 6.11. The van der Waals surface area contributed by atoms with E-state index in [1.165, 1.54) is 24.3 Å². The third kappa shape index (κ3) is 7.85. The van der Waals surface area contributed by atoms with E-state index in [-0.39, 0.29) is 29.8 Å². The zero-order valence-corrected chi connectivity index (χ0v) is 24.8. The zero-order chi connectivity index (χ0) is 31.1. The van der Waals surface area contributed by atoms with E-state index in [1.54, 1.807) is 18.2 Å². The van der Waals surface area contributed by atoms with Crippen LogP contribution in [0.25, 0.3) is 0 Å². The molecule has 2 aromatic carbocycles. The number of amides is 4. The molecule has 1 atom stereocenters. The number of carbonyl (C=O) groups excluding carboxylic acids is 3. The van der Waals surface area contributed by atoms with Crippen molar-refractivity contribution in [3.8, 4) is 0 Å². The van der Waals surface area contributed by atoms with Crippen molar-refractivity contribution < 1.29 is 33.4 Å². The van der Waals surface area contributed by atoms with Crippen molar-refractivity contribution in [2.75, 3.05) is 62.7 Å². The summed E-state index contributed by atoms with van der Waals surface area (Å²) in [5, 5.41) is 15.3. The minimum absolute atomic E-state index is 0.00265. The quantitative estimate of drug-likeness (QED) is 0.414. The van der Waals surface area contributed by atoms with Gasteiger partial charge in [-0.1, -0.05) is 31.4 Å². The summed E-state index contributed by atoms with van der Waals surface area (Å²) in [5.74, 6) is -2.27. The Morgan fingerprint density at radius 1 is 0.886 bits per heavy atom. The number of urea groups is 1. The van der Waals surface area contributed by atoms with Crippen molar-refractivity contribution in [1.82, 2.24) is 15.1 Å². The number of benzene rings is 2. The number of morpholine rings is 1. The molecule has 3 fully saturated rings. The number of halogens is 1. The first kappa shape index (κ1) is 31.2. The van der Waals surface area contributed by atoms with E-state index in [2.05, 4.69) is 15.5 Å². The molecule has 1 saturated carbocycles. The number of carboxylic acid groups (broad SMARTS) is 1. The number of rotatable bonds is 8. The minimum Gasteiger partial charge on any atom is -0.481 e. The molecular weight excluding hydrogens is 569 g/mol. The largest absolute Gasteiger partial charge is 0.481 e. The monoisotopic (exact) mass is 609 g/mol. The van der Waals surface area contributed by atoms with E-state index >= 15 is 0 Å². The molecule has 2 aliphatic heterocycles. The molecule has 1 aliphatic carbocycles. The van der Waals surface area contributed by atoms with Gasteiger partial charge in [-0.25, -0.2) is 9.18 Å². The topological polar surface area (TPSA) is 132 Å². The smallest absolute Gasteiger partial charge is 0.320 e. The molecule has 2 heterocycles. The average molecular weight is 610 g/mol. The van der Waals surface area contributed by atoms with Gasteiger partial charge in [0.2, 0.25) is 5.91 Å². The summed E-state index contributed by atoms with van der Waals surface area (Å²) in [6.45, 7) is 4.38. The molecule has 11 nitrogen and oxygen atoms in total. The van der Waals surface area contributed by atoms with E-state index < -0.39 is 23.7 Å². The van der Waals surface area contributed by atoms with Crippen molar-refractivity contribution in [2.24, 2.45) is 5.92 Å². The molecule has 4 amide bonds. The van der Waals surface area contributed by atoms with Crippen LogP contribution in [0, 0.1) is 11.7 Å². The second kappa shape index (κ2) is 14.5. The van der Waals surface area contributed by atoms with Gasteiger partial charge in [-0.3, -0.25) is 14.4 Å². The Morgan fingerprint density at radius 2 is 1.55 bits per heavy atom. The number of nitrogens with one attached hydrogen (secondary N) is 2. The van der Waals surface area contributed by atoms with Crippen LogP contribution in [-0.4, -0.2) is 91.2 Å². The van der Waals surface area contributed by atoms with Gasteiger partial charge in [0, 0.05) is 50.7 Å². The summed E-state index contributed by atoms with van der Waals surface area (Å²) in [6.07, 6.45) is 4.37. The number of carboxylic acids is 1. The van der Waals surface area contributed by atoms with E-state index in [4.69, 9.17) is 4.74 Å². The zero-order valence-electron chi connectivity index (χ0n) is 24.8. The van der Waals surface area contributed by atoms with Crippen LogP contribution in [0.2, 0.25) is 0 Å². The summed E-state index contributed by atoms with van der Waals surface area (Å²) >= 11 is 0. The number of ether oxygens (including phenoxy) is 1. The van der Waals surface area contributed by atoms with Crippen LogP contribution in [0.4, 0.5) is 20.6 Å². The highest BCUT2D eigenvalue weighted by atomic mass is 19.1. The number of aliphatic carboxylic acids is 1. The number of hydrogen-bond acceptors (Lipinski definition) is 6. The van der Waals surface area contributed by atoms with Gasteiger partial charge in [-0.2, -0.15) is 0 Å². The second-order valence-electron chi connectivity index (χ2n) is 11.6. The molecule has 2 saturated heterocycles. The summed E-state index contributed by atoms with van der Waals surface area (Å²) in [7, 11) is 0. The van der Waals surface area contributed by atoms with Crippen LogP contribution in [0.5, 0.6) is 0 Å². The molecule has 0 bridgehead atoms. The molecule has 1 unspecified atom stereocenters. The maximum absolute atomic E-state index is 13.5. The van der Waals surface area contributed by atoms with Gasteiger partial charge < -0.3 is 35.2 Å². The molecule has 0 aromatic heterocycles. The molecule has 44 heavy (non-hydrogen) atoms. The molecule has 5 rings (SSSR count). The first-order valence-corrected chi connectivity index (χ1v) is 15.4. The molecule has 2 aromatic rings. The lowest BCUT2D eigenvalue weighted by atomic mass is 9.88. The highest BCUT2D eigenvalue weighted by Gasteiger charge is 2.29. The molecule has 3 N–H and O–H groups in total. The van der Waals surface area contributed by atoms with Crippen molar-refractivity contribution in [3.63, 3.8) is 0 Å². The number of carbonyl (C=O) groups is 4. The van der Waals surface area contributed by atoms with E-state index in [9.17, 15) is 28.7 Å². The van der Waals surface area contributed by atoms with E-state index in [1.807, 2.05) is 9.80 Å². The van der Waals surface area contributed by atoms with Crippen molar-refractivity contribution in [1.29, 1.82) is 0 Å². The van der Waals surface area contributed by atoms with Gasteiger partial charge in [0.15, 0.2) is 0 Å². The molecule has 0 spiro atoms. The molecular formula is C32H40FN5O6. The lowest BCUT2D eigenvalue weighted by Crippen LogP contribution is -2.55. The van der Waals surface area contributed by atoms with Gasteiger partial charge in [0.1, 0.15) is 5.82 Å². The first-order valence-electron chi connectivity index (χ1n) is 15.4. The lowest BCUT2D eigenvalue weighted by Gasteiger charge is -2.40. The van der Waals surface area contributed by atoms with E-state index in [0.29, 0.717) is 63.7 Å². The number of nitrogens with zero attached hydrogens (tertiary/aromatic N) is 3. The first-order chi connectivity index (χ1) is 21.3. The Labute approximate surface area is 256 Å². The van der Waals surface area contributed by atoms with Crippen molar-refractivity contribution >= 4 is 35.2 Å². The maximum Gasteiger partial charge on any atom is 0.320 e. The van der Waals surface area contributed by atoms with Gasteiger partial charge >= 0.3 is 12.0 Å². The van der Waals surface area contributed by atoms with Crippen LogP contribution >= 0.6 is 0 Å². The third-order valence-electron chi connectivity index (χ3n) is 8.62. The predicted octanol–water partition coefficient (Wildman–Crippen LogP) is 3.86. The van der Waals surface area contributed by atoms with Gasteiger partial charge in [0.05, 0.1) is 37.1 Å². The molecule has 3 aliphatic rings. The Hall–Kier alpha value is -4.19. The third-order valence-corrected chi connectivity index (χ3v) is 8.62. The minimum atomic E-state index is -1.11. The summed E-state index contributed by atoms with van der Waals surface area (Å²) in [6, 6.07) is 9.52. The Morgan fingerprint density at radius 3 is 2.20 bits per heavy atom. The van der Waals surface area contributed by atoms with E-state index in [0.717, 1.165) is 37.8 Å². The predicted molar refractivity (Wildman–Crippen MR) is 162 cm³/mol. The Kier molecular flexibility index (Phi) is 10.3. The highest BCUT2D eigenvalue weighted by Crippen LogP contribution is 2.32. The van der Waals surface area contributed by atoms with Crippen molar-refractivity contribution in [2.45, 2.75) is 44.6 Å². The Balaban J connectivity index is 1.34. The van der Waals surface area contributed by atoms with Crippen LogP contribution < -0.4 is 15.5 Å².